The van der Waals surface area contributed by atoms with Crippen molar-refractivity contribution in [2.24, 2.45) is 11.8 Å². The van der Waals surface area contributed by atoms with Crippen LogP contribution in [0.1, 0.15) is 39.8 Å². The Hall–Kier alpha value is -1.47. The summed E-state index contributed by atoms with van der Waals surface area (Å²) in [6, 6.07) is 0.570. The third-order valence-corrected chi connectivity index (χ3v) is 5.09. The standard InChI is InChI=1S/C17H28N4O2S/c1-11(2)16(23)20-17-19-14(10-24-17)7-15(22)18-8-13-5-6-21(9-13)12(3)4/h10-13H,5-9H2,1-4H3,(H,18,22)(H,19,20,23). The molecule has 2 amide bonds. The number of anilines is 1. The average molecular weight is 353 g/mol. The fourth-order valence-corrected chi connectivity index (χ4v) is 3.39. The molecule has 1 aromatic rings. The van der Waals surface area contributed by atoms with Gasteiger partial charge in [0.05, 0.1) is 12.1 Å². The van der Waals surface area contributed by atoms with E-state index in [2.05, 4.69) is 34.4 Å². The minimum absolute atomic E-state index is 0.00923. The van der Waals surface area contributed by atoms with Crippen LogP contribution in [0.4, 0.5) is 5.13 Å². The van der Waals surface area contributed by atoms with Crippen LogP contribution in [0.5, 0.6) is 0 Å². The van der Waals surface area contributed by atoms with Gasteiger partial charge in [0.1, 0.15) is 0 Å². The van der Waals surface area contributed by atoms with E-state index in [1.165, 1.54) is 11.3 Å². The van der Waals surface area contributed by atoms with Crippen molar-refractivity contribution >= 4 is 28.3 Å². The molecule has 2 rings (SSSR count). The van der Waals surface area contributed by atoms with E-state index in [1.54, 1.807) is 0 Å². The number of thiazole rings is 1. The van der Waals surface area contributed by atoms with Crippen LogP contribution in [-0.4, -0.2) is 47.4 Å². The lowest BCUT2D eigenvalue weighted by molar-refractivity contribution is -0.120. The van der Waals surface area contributed by atoms with Crippen molar-refractivity contribution in [3.8, 4) is 0 Å². The molecular formula is C17H28N4O2S. The summed E-state index contributed by atoms with van der Waals surface area (Å²) >= 11 is 1.35. The molecular weight excluding hydrogens is 324 g/mol. The van der Waals surface area contributed by atoms with Crippen molar-refractivity contribution in [3.63, 3.8) is 0 Å². The van der Waals surface area contributed by atoms with E-state index >= 15 is 0 Å². The molecule has 1 atom stereocenters. The van der Waals surface area contributed by atoms with Crippen molar-refractivity contribution in [1.29, 1.82) is 0 Å². The number of likely N-dealkylation sites (tertiary alicyclic amines) is 1. The molecule has 1 aliphatic rings. The first-order chi connectivity index (χ1) is 11.3. The number of nitrogens with zero attached hydrogens (tertiary/aromatic N) is 2. The first-order valence-electron chi connectivity index (χ1n) is 8.61. The summed E-state index contributed by atoms with van der Waals surface area (Å²) in [5, 5.41) is 8.15. The normalized spacial score (nSPS) is 18.3. The van der Waals surface area contributed by atoms with E-state index in [0.29, 0.717) is 22.8 Å². The quantitative estimate of drug-likeness (QED) is 0.788. The largest absolute Gasteiger partial charge is 0.355 e. The number of amides is 2. The van der Waals surface area contributed by atoms with Crippen LogP contribution in [0, 0.1) is 11.8 Å². The van der Waals surface area contributed by atoms with Crippen molar-refractivity contribution in [1.82, 2.24) is 15.2 Å². The smallest absolute Gasteiger partial charge is 0.228 e. The van der Waals surface area contributed by atoms with Crippen molar-refractivity contribution in [3.05, 3.63) is 11.1 Å². The van der Waals surface area contributed by atoms with Gasteiger partial charge in [0.15, 0.2) is 5.13 Å². The molecule has 6 nitrogen and oxygen atoms in total. The number of carbonyl (C=O) groups excluding carboxylic acids is 2. The average Bonchev–Trinajstić information content (AvgIpc) is 3.14. The van der Waals surface area contributed by atoms with Gasteiger partial charge in [-0.2, -0.15) is 0 Å². The van der Waals surface area contributed by atoms with E-state index in [9.17, 15) is 9.59 Å². The van der Waals surface area contributed by atoms with Crippen LogP contribution in [0.3, 0.4) is 0 Å². The predicted octanol–water partition coefficient (Wildman–Crippen LogP) is 2.13. The minimum atomic E-state index is -0.0857. The summed E-state index contributed by atoms with van der Waals surface area (Å²) in [4.78, 5) is 30.5. The first-order valence-corrected chi connectivity index (χ1v) is 9.49. The Morgan fingerprint density at radius 3 is 2.75 bits per heavy atom. The van der Waals surface area contributed by atoms with Gasteiger partial charge in [-0.15, -0.1) is 11.3 Å². The Balaban J connectivity index is 1.73. The van der Waals surface area contributed by atoms with Crippen LogP contribution >= 0.6 is 11.3 Å². The molecule has 7 heteroatoms. The van der Waals surface area contributed by atoms with Crippen LogP contribution in [0.2, 0.25) is 0 Å². The highest BCUT2D eigenvalue weighted by Gasteiger charge is 2.24. The summed E-state index contributed by atoms with van der Waals surface area (Å²) in [5.74, 6) is 0.381. The Kier molecular flexibility index (Phi) is 6.74. The Morgan fingerprint density at radius 1 is 1.38 bits per heavy atom. The van der Waals surface area contributed by atoms with E-state index < -0.39 is 0 Å². The van der Waals surface area contributed by atoms with Gasteiger partial charge in [-0.3, -0.25) is 9.59 Å². The Morgan fingerprint density at radius 2 is 2.12 bits per heavy atom. The molecule has 0 radical (unpaired) electrons. The van der Waals surface area contributed by atoms with Crippen LogP contribution in [0.25, 0.3) is 0 Å². The maximum atomic E-state index is 12.1. The summed E-state index contributed by atoms with van der Waals surface area (Å²) in [5.41, 5.74) is 0.701. The van der Waals surface area contributed by atoms with Crippen molar-refractivity contribution < 1.29 is 9.59 Å². The van der Waals surface area contributed by atoms with E-state index in [0.717, 1.165) is 26.1 Å². The number of hydrogen-bond acceptors (Lipinski definition) is 5. The van der Waals surface area contributed by atoms with Gasteiger partial charge in [0.25, 0.3) is 0 Å². The summed E-state index contributed by atoms with van der Waals surface area (Å²) in [7, 11) is 0. The molecule has 0 saturated carbocycles. The number of rotatable bonds is 7. The lowest BCUT2D eigenvalue weighted by Gasteiger charge is -2.20. The zero-order valence-electron chi connectivity index (χ0n) is 15.0. The molecule has 134 valence electrons. The second-order valence-corrected chi connectivity index (χ2v) is 7.87. The third-order valence-electron chi connectivity index (χ3n) is 4.28. The van der Waals surface area contributed by atoms with Crippen LogP contribution < -0.4 is 10.6 Å². The maximum absolute atomic E-state index is 12.1. The van der Waals surface area contributed by atoms with Crippen LogP contribution in [0.15, 0.2) is 5.38 Å². The predicted molar refractivity (Wildman–Crippen MR) is 97.1 cm³/mol. The molecule has 1 saturated heterocycles. The van der Waals surface area contributed by atoms with Gasteiger partial charge in [-0.05, 0) is 32.7 Å². The SMILES string of the molecule is CC(C)C(=O)Nc1nc(CC(=O)NCC2CCN(C(C)C)C2)cs1. The Bertz CT molecular complexity index is 571. The second kappa shape index (κ2) is 8.58. The lowest BCUT2D eigenvalue weighted by Crippen LogP contribution is -2.33. The van der Waals surface area contributed by atoms with Crippen molar-refractivity contribution in [2.45, 2.75) is 46.6 Å². The third kappa shape index (κ3) is 5.56. The van der Waals surface area contributed by atoms with E-state index in [1.807, 2.05) is 19.2 Å². The summed E-state index contributed by atoms with van der Waals surface area (Å²) in [6.45, 7) is 11.0. The Labute approximate surface area is 148 Å². The molecule has 1 aromatic heterocycles. The first kappa shape index (κ1) is 18.9. The van der Waals surface area contributed by atoms with Gasteiger partial charge in [-0.25, -0.2) is 4.98 Å². The number of hydrogen-bond donors (Lipinski definition) is 2. The molecule has 24 heavy (non-hydrogen) atoms. The molecule has 1 fully saturated rings. The molecule has 0 aliphatic carbocycles. The van der Waals surface area contributed by atoms with Gasteiger partial charge >= 0.3 is 0 Å². The molecule has 1 aliphatic heterocycles. The second-order valence-electron chi connectivity index (χ2n) is 7.01. The van der Waals surface area contributed by atoms with Crippen molar-refractivity contribution in [2.75, 3.05) is 25.0 Å². The topological polar surface area (TPSA) is 74.3 Å². The summed E-state index contributed by atoms with van der Waals surface area (Å²) < 4.78 is 0. The van der Waals surface area contributed by atoms with Crippen LogP contribution in [-0.2, 0) is 16.0 Å². The zero-order valence-corrected chi connectivity index (χ0v) is 15.8. The number of carbonyl (C=O) groups is 2. The van der Waals surface area contributed by atoms with Gasteiger partial charge < -0.3 is 15.5 Å². The highest BCUT2D eigenvalue weighted by molar-refractivity contribution is 7.13. The molecule has 0 bridgehead atoms. The molecule has 1 unspecified atom stereocenters. The molecule has 0 spiro atoms. The lowest BCUT2D eigenvalue weighted by atomic mass is 10.1. The highest BCUT2D eigenvalue weighted by Crippen LogP contribution is 2.18. The molecule has 2 N–H and O–H groups in total. The highest BCUT2D eigenvalue weighted by atomic mass is 32.1. The van der Waals surface area contributed by atoms with E-state index in [-0.39, 0.29) is 24.2 Å². The molecule has 0 aromatic carbocycles. The monoisotopic (exact) mass is 352 g/mol. The fraction of sp³-hybridized carbons (Fsp3) is 0.706. The minimum Gasteiger partial charge on any atom is -0.355 e. The maximum Gasteiger partial charge on any atom is 0.228 e. The van der Waals surface area contributed by atoms with Gasteiger partial charge in [0.2, 0.25) is 11.8 Å². The zero-order chi connectivity index (χ0) is 17.7. The number of aromatic nitrogens is 1. The van der Waals surface area contributed by atoms with Gasteiger partial charge in [0, 0.05) is 30.4 Å². The number of nitrogens with one attached hydrogen (secondary N) is 2. The van der Waals surface area contributed by atoms with Gasteiger partial charge in [-0.1, -0.05) is 13.8 Å². The summed E-state index contributed by atoms with van der Waals surface area (Å²) in [6.07, 6.45) is 1.40. The fourth-order valence-electron chi connectivity index (χ4n) is 2.68. The van der Waals surface area contributed by atoms with E-state index in [4.69, 9.17) is 0 Å². The molecule has 2 heterocycles.